The molecule has 0 amide bonds. The minimum absolute atomic E-state index is 0.388. The fourth-order valence-electron chi connectivity index (χ4n) is 4.04. The number of aryl methyl sites for hydroxylation is 1. The number of nitrogens with one attached hydrogen (secondary N) is 1. The number of rotatable bonds is 10. The van der Waals surface area contributed by atoms with Crippen LogP contribution in [0.3, 0.4) is 0 Å². The van der Waals surface area contributed by atoms with Gasteiger partial charge in [0.15, 0.2) is 23.2 Å². The lowest BCUT2D eigenvalue weighted by molar-refractivity contribution is -0.0511. The number of aromatic nitrogens is 4. The van der Waals surface area contributed by atoms with E-state index in [2.05, 4.69) is 51.5 Å². The Kier molecular flexibility index (Phi) is 7.31. The maximum Gasteiger partial charge on any atom is 0.167 e. The number of hydrogen-bond donors (Lipinski definition) is 4. The standard InChI is InChI=1S/C23H31N5O4/c1-2-3-4-5-6-15-7-9-16(10-8-15)11-24-21-18-22(26-13-25-21)28(14-27-18)23-20(31)19(30)17(12-29)32-23/h7-10,13-14,17,19-20,23,29-31H,2-6,11-12H2,1H3,(H,24,25,26)/t17-,19-,20+,23?/m1/s1. The Bertz CT molecular complexity index is 1010. The van der Waals surface area contributed by atoms with Gasteiger partial charge in [0, 0.05) is 6.54 Å². The number of imidazole rings is 1. The molecule has 3 heterocycles. The van der Waals surface area contributed by atoms with Crippen molar-refractivity contribution in [3.05, 3.63) is 48.0 Å². The van der Waals surface area contributed by atoms with E-state index in [0.29, 0.717) is 23.5 Å². The van der Waals surface area contributed by atoms with E-state index in [1.807, 2.05) is 0 Å². The van der Waals surface area contributed by atoms with Crippen LogP contribution in [-0.2, 0) is 17.7 Å². The monoisotopic (exact) mass is 441 g/mol. The number of benzene rings is 1. The Hall–Kier alpha value is -2.59. The van der Waals surface area contributed by atoms with Gasteiger partial charge in [-0.3, -0.25) is 4.57 Å². The van der Waals surface area contributed by atoms with Crippen LogP contribution in [0.5, 0.6) is 0 Å². The molecule has 0 bridgehead atoms. The molecule has 1 aromatic carbocycles. The Balaban J connectivity index is 1.42. The summed E-state index contributed by atoms with van der Waals surface area (Å²) in [5, 5.41) is 33.0. The number of ether oxygens (including phenoxy) is 1. The van der Waals surface area contributed by atoms with Crippen molar-refractivity contribution in [1.29, 1.82) is 0 Å². The lowest BCUT2D eigenvalue weighted by atomic mass is 10.0. The third-order valence-corrected chi connectivity index (χ3v) is 5.95. The second-order valence-electron chi connectivity index (χ2n) is 8.26. The predicted molar refractivity (Wildman–Crippen MR) is 120 cm³/mol. The van der Waals surface area contributed by atoms with E-state index < -0.39 is 24.5 Å². The first-order valence-corrected chi connectivity index (χ1v) is 11.2. The van der Waals surface area contributed by atoms with Crippen molar-refractivity contribution in [3.8, 4) is 0 Å². The van der Waals surface area contributed by atoms with Crippen LogP contribution in [0.15, 0.2) is 36.9 Å². The molecule has 0 aliphatic carbocycles. The van der Waals surface area contributed by atoms with Gasteiger partial charge in [0.2, 0.25) is 0 Å². The first kappa shape index (κ1) is 22.6. The van der Waals surface area contributed by atoms with E-state index in [1.165, 1.54) is 43.9 Å². The lowest BCUT2D eigenvalue weighted by Crippen LogP contribution is -2.33. The number of fused-ring (bicyclic) bond motifs is 1. The van der Waals surface area contributed by atoms with E-state index in [1.54, 1.807) is 4.57 Å². The number of unbranched alkanes of at least 4 members (excludes halogenated alkanes) is 3. The van der Waals surface area contributed by atoms with Gasteiger partial charge in [-0.15, -0.1) is 0 Å². The zero-order valence-corrected chi connectivity index (χ0v) is 18.3. The van der Waals surface area contributed by atoms with Gasteiger partial charge in [-0.25, -0.2) is 15.0 Å². The Morgan fingerprint density at radius 3 is 2.50 bits per heavy atom. The summed E-state index contributed by atoms with van der Waals surface area (Å²) in [5.41, 5.74) is 3.50. The molecule has 0 radical (unpaired) electrons. The summed E-state index contributed by atoms with van der Waals surface area (Å²) in [4.78, 5) is 13.0. The quantitative estimate of drug-likeness (QED) is 0.353. The summed E-state index contributed by atoms with van der Waals surface area (Å²) in [7, 11) is 0. The average molecular weight is 442 g/mol. The van der Waals surface area contributed by atoms with Gasteiger partial charge in [0.05, 0.1) is 12.9 Å². The number of aliphatic hydroxyl groups excluding tert-OH is 3. The van der Waals surface area contributed by atoms with Crippen molar-refractivity contribution >= 4 is 17.0 Å². The zero-order chi connectivity index (χ0) is 22.5. The average Bonchev–Trinajstić information content (AvgIpc) is 3.37. The Morgan fingerprint density at radius 2 is 1.78 bits per heavy atom. The molecule has 1 saturated heterocycles. The van der Waals surface area contributed by atoms with Gasteiger partial charge in [0.1, 0.15) is 24.6 Å². The smallest absolute Gasteiger partial charge is 0.167 e. The van der Waals surface area contributed by atoms with Crippen molar-refractivity contribution in [2.75, 3.05) is 11.9 Å². The molecule has 32 heavy (non-hydrogen) atoms. The minimum Gasteiger partial charge on any atom is -0.394 e. The molecule has 1 aliphatic heterocycles. The van der Waals surface area contributed by atoms with E-state index in [4.69, 9.17) is 4.74 Å². The largest absolute Gasteiger partial charge is 0.394 e. The fraction of sp³-hybridized carbons (Fsp3) is 0.522. The summed E-state index contributed by atoms with van der Waals surface area (Å²) < 4.78 is 7.16. The minimum atomic E-state index is -1.20. The molecule has 1 aliphatic rings. The van der Waals surface area contributed by atoms with Crippen molar-refractivity contribution in [3.63, 3.8) is 0 Å². The summed E-state index contributed by atoms with van der Waals surface area (Å²) in [6.07, 6.45) is 4.94. The van der Waals surface area contributed by atoms with E-state index >= 15 is 0 Å². The molecule has 3 aromatic rings. The van der Waals surface area contributed by atoms with Crippen molar-refractivity contribution in [2.45, 2.75) is 70.1 Å². The van der Waals surface area contributed by atoms with Crippen LogP contribution in [0, 0.1) is 0 Å². The topological polar surface area (TPSA) is 126 Å². The van der Waals surface area contributed by atoms with Gasteiger partial charge in [-0.1, -0.05) is 50.5 Å². The van der Waals surface area contributed by atoms with Gasteiger partial charge in [-0.05, 0) is 24.0 Å². The highest BCUT2D eigenvalue weighted by molar-refractivity contribution is 5.82. The number of aliphatic hydroxyl groups is 3. The molecule has 1 unspecified atom stereocenters. The SMILES string of the molecule is CCCCCCc1ccc(CNc2ncnc3c2ncn3C2O[C@H](CO)[C@@H](O)[C@@H]2O)cc1. The summed E-state index contributed by atoms with van der Waals surface area (Å²) >= 11 is 0. The van der Waals surface area contributed by atoms with Gasteiger partial charge < -0.3 is 25.4 Å². The predicted octanol–water partition coefficient (Wildman–Crippen LogP) is 2.17. The van der Waals surface area contributed by atoms with E-state index in [0.717, 1.165) is 12.0 Å². The molecule has 4 atom stereocenters. The molecule has 0 saturated carbocycles. The lowest BCUT2D eigenvalue weighted by Gasteiger charge is -2.16. The highest BCUT2D eigenvalue weighted by atomic mass is 16.6. The zero-order valence-electron chi connectivity index (χ0n) is 18.3. The molecule has 0 spiro atoms. The first-order valence-electron chi connectivity index (χ1n) is 11.2. The molecular weight excluding hydrogens is 410 g/mol. The van der Waals surface area contributed by atoms with Crippen molar-refractivity contribution in [2.24, 2.45) is 0 Å². The third-order valence-electron chi connectivity index (χ3n) is 5.95. The van der Waals surface area contributed by atoms with Crippen LogP contribution in [-0.4, -0.2) is 59.8 Å². The second kappa shape index (κ2) is 10.4. The molecule has 4 rings (SSSR count). The van der Waals surface area contributed by atoms with Crippen molar-refractivity contribution < 1.29 is 20.1 Å². The van der Waals surface area contributed by atoms with Gasteiger partial charge in [-0.2, -0.15) is 0 Å². The molecule has 4 N–H and O–H groups in total. The molecule has 172 valence electrons. The number of hydrogen-bond acceptors (Lipinski definition) is 8. The fourth-order valence-corrected chi connectivity index (χ4v) is 4.04. The maximum atomic E-state index is 10.3. The second-order valence-corrected chi connectivity index (χ2v) is 8.26. The van der Waals surface area contributed by atoms with E-state index in [-0.39, 0.29) is 6.61 Å². The number of anilines is 1. The van der Waals surface area contributed by atoms with Crippen molar-refractivity contribution in [1.82, 2.24) is 19.5 Å². The van der Waals surface area contributed by atoms with Crippen LogP contribution >= 0.6 is 0 Å². The molecule has 9 nitrogen and oxygen atoms in total. The van der Waals surface area contributed by atoms with Crippen LogP contribution < -0.4 is 5.32 Å². The summed E-state index contributed by atoms with van der Waals surface area (Å²) in [6, 6.07) is 8.60. The molecule has 9 heteroatoms. The van der Waals surface area contributed by atoms with E-state index in [9.17, 15) is 15.3 Å². The third kappa shape index (κ3) is 4.75. The van der Waals surface area contributed by atoms with Crippen LogP contribution in [0.25, 0.3) is 11.2 Å². The maximum absolute atomic E-state index is 10.3. The van der Waals surface area contributed by atoms with Gasteiger partial charge in [0.25, 0.3) is 0 Å². The van der Waals surface area contributed by atoms with Crippen LogP contribution in [0.1, 0.15) is 50.0 Å². The summed E-state index contributed by atoms with van der Waals surface area (Å²) in [5.74, 6) is 0.573. The highest BCUT2D eigenvalue weighted by Gasteiger charge is 2.44. The Labute approximate surface area is 187 Å². The van der Waals surface area contributed by atoms with Crippen LogP contribution in [0.2, 0.25) is 0 Å². The highest BCUT2D eigenvalue weighted by Crippen LogP contribution is 2.32. The van der Waals surface area contributed by atoms with Crippen LogP contribution in [0.4, 0.5) is 5.82 Å². The molecular formula is C23H31N5O4. The number of nitrogens with zero attached hydrogens (tertiary/aromatic N) is 4. The molecule has 1 fully saturated rings. The Morgan fingerprint density at radius 1 is 1.00 bits per heavy atom. The normalized spacial score (nSPS) is 23.1. The first-order chi connectivity index (χ1) is 15.6. The van der Waals surface area contributed by atoms with Gasteiger partial charge >= 0.3 is 0 Å². The molecule has 2 aromatic heterocycles. The summed E-state index contributed by atoms with van der Waals surface area (Å²) in [6.45, 7) is 2.42.